The number of carbonyl (C=O) groups is 2. The molecule has 162 valence electrons. The average Bonchev–Trinajstić information content (AvgIpc) is 2.65. The van der Waals surface area contributed by atoms with E-state index in [1.165, 1.54) is 6.92 Å². The van der Waals surface area contributed by atoms with Crippen LogP contribution < -0.4 is 25.4 Å². The van der Waals surface area contributed by atoms with Crippen molar-refractivity contribution in [1.82, 2.24) is 5.32 Å². The van der Waals surface area contributed by atoms with Gasteiger partial charge in [0.25, 0.3) is 5.91 Å². The van der Waals surface area contributed by atoms with Crippen LogP contribution in [0.2, 0.25) is 0 Å². The van der Waals surface area contributed by atoms with E-state index >= 15 is 0 Å². The van der Waals surface area contributed by atoms with Crippen LogP contribution in [0.25, 0.3) is 0 Å². The molecule has 0 spiro atoms. The minimum absolute atomic E-state index is 0.117. The van der Waals surface area contributed by atoms with Crippen molar-refractivity contribution in [3.8, 4) is 11.5 Å². The summed E-state index contributed by atoms with van der Waals surface area (Å²) in [6.07, 6.45) is 0. The quantitative estimate of drug-likeness (QED) is 0.526. The van der Waals surface area contributed by atoms with Gasteiger partial charge < -0.3 is 25.4 Å². The van der Waals surface area contributed by atoms with Crippen LogP contribution in [0.3, 0.4) is 0 Å². The molecule has 2 amide bonds. The molecule has 0 aromatic heterocycles. The minimum Gasteiger partial charge on any atom is -0.493 e. The van der Waals surface area contributed by atoms with Crippen molar-refractivity contribution >= 4 is 39.1 Å². The van der Waals surface area contributed by atoms with Gasteiger partial charge in [0.15, 0.2) is 18.1 Å². The SMILES string of the molecule is COc1ccc(Br)c(CNc2ccc(NC(C)=O)cc2)c1OCC(=O)NC(C)(C)C. The van der Waals surface area contributed by atoms with Crippen molar-refractivity contribution in [1.29, 1.82) is 0 Å². The fraction of sp³-hybridized carbons (Fsp3) is 0.364. The number of carbonyl (C=O) groups excluding carboxylic acids is 2. The number of nitrogens with one attached hydrogen (secondary N) is 3. The van der Waals surface area contributed by atoms with Gasteiger partial charge in [-0.1, -0.05) is 15.9 Å². The Hall–Kier alpha value is -2.74. The molecule has 0 aliphatic heterocycles. The summed E-state index contributed by atoms with van der Waals surface area (Å²) in [5.74, 6) is 0.711. The van der Waals surface area contributed by atoms with Gasteiger partial charge >= 0.3 is 0 Å². The highest BCUT2D eigenvalue weighted by atomic mass is 79.9. The number of hydrogen-bond acceptors (Lipinski definition) is 5. The molecular weight excluding hydrogens is 450 g/mol. The lowest BCUT2D eigenvalue weighted by Gasteiger charge is -2.22. The Balaban J connectivity index is 2.14. The number of ether oxygens (including phenoxy) is 2. The lowest BCUT2D eigenvalue weighted by molar-refractivity contribution is -0.124. The first kappa shape index (κ1) is 23.5. The van der Waals surface area contributed by atoms with Crippen LogP contribution in [0, 0.1) is 0 Å². The Morgan fingerprint density at radius 2 is 1.67 bits per heavy atom. The Morgan fingerprint density at radius 3 is 2.23 bits per heavy atom. The second kappa shape index (κ2) is 10.3. The third-order valence-corrected chi connectivity index (χ3v) is 4.67. The number of benzene rings is 2. The predicted molar refractivity (Wildman–Crippen MR) is 122 cm³/mol. The molecule has 0 bridgehead atoms. The molecule has 0 saturated carbocycles. The van der Waals surface area contributed by atoms with Crippen molar-refractivity contribution < 1.29 is 19.1 Å². The van der Waals surface area contributed by atoms with Crippen LogP contribution >= 0.6 is 15.9 Å². The Labute approximate surface area is 185 Å². The van der Waals surface area contributed by atoms with Crippen LogP contribution in [0.4, 0.5) is 11.4 Å². The van der Waals surface area contributed by atoms with Gasteiger partial charge in [0.1, 0.15) is 0 Å². The van der Waals surface area contributed by atoms with E-state index in [0.29, 0.717) is 18.0 Å². The maximum Gasteiger partial charge on any atom is 0.258 e. The number of amides is 2. The smallest absolute Gasteiger partial charge is 0.258 e. The summed E-state index contributed by atoms with van der Waals surface area (Å²) in [5.41, 5.74) is 2.08. The van der Waals surface area contributed by atoms with Crippen LogP contribution in [0.15, 0.2) is 40.9 Å². The van der Waals surface area contributed by atoms with E-state index < -0.39 is 0 Å². The van der Waals surface area contributed by atoms with E-state index in [1.807, 2.05) is 51.1 Å². The molecule has 2 aromatic rings. The first-order valence-corrected chi connectivity index (χ1v) is 10.3. The van der Waals surface area contributed by atoms with Gasteiger partial charge in [0.2, 0.25) is 5.91 Å². The van der Waals surface area contributed by atoms with Gasteiger partial charge in [-0.25, -0.2) is 0 Å². The largest absolute Gasteiger partial charge is 0.493 e. The second-order valence-electron chi connectivity index (χ2n) is 7.76. The summed E-state index contributed by atoms with van der Waals surface area (Å²) in [5, 5.41) is 8.93. The van der Waals surface area contributed by atoms with Crippen LogP contribution in [-0.4, -0.2) is 31.1 Å². The summed E-state index contributed by atoms with van der Waals surface area (Å²) in [6, 6.07) is 11.0. The summed E-state index contributed by atoms with van der Waals surface area (Å²) >= 11 is 3.56. The van der Waals surface area contributed by atoms with Crippen molar-refractivity contribution in [3.63, 3.8) is 0 Å². The van der Waals surface area contributed by atoms with Crippen LogP contribution in [0.1, 0.15) is 33.3 Å². The van der Waals surface area contributed by atoms with Crippen molar-refractivity contribution in [2.75, 3.05) is 24.4 Å². The van der Waals surface area contributed by atoms with E-state index in [4.69, 9.17) is 9.47 Å². The molecule has 0 heterocycles. The molecule has 3 N–H and O–H groups in total. The van der Waals surface area contributed by atoms with Gasteiger partial charge in [0, 0.05) is 40.4 Å². The van der Waals surface area contributed by atoms with E-state index in [-0.39, 0.29) is 24.0 Å². The van der Waals surface area contributed by atoms with Crippen molar-refractivity contribution in [2.45, 2.75) is 39.8 Å². The number of halogens is 1. The second-order valence-corrected chi connectivity index (χ2v) is 8.61. The lowest BCUT2D eigenvalue weighted by Crippen LogP contribution is -2.43. The molecule has 30 heavy (non-hydrogen) atoms. The van der Waals surface area contributed by atoms with Crippen LogP contribution in [-0.2, 0) is 16.1 Å². The molecule has 0 aliphatic carbocycles. The normalized spacial score (nSPS) is 10.9. The van der Waals surface area contributed by atoms with Gasteiger partial charge in [-0.3, -0.25) is 9.59 Å². The Kier molecular flexibility index (Phi) is 8.11. The Bertz CT molecular complexity index is 892. The van der Waals surface area contributed by atoms with Gasteiger partial charge in [-0.15, -0.1) is 0 Å². The van der Waals surface area contributed by atoms with E-state index in [9.17, 15) is 9.59 Å². The molecule has 0 unspecified atom stereocenters. The zero-order chi connectivity index (χ0) is 22.3. The fourth-order valence-corrected chi connectivity index (χ4v) is 3.18. The maximum atomic E-state index is 12.2. The lowest BCUT2D eigenvalue weighted by atomic mass is 10.1. The monoisotopic (exact) mass is 477 g/mol. The highest BCUT2D eigenvalue weighted by Crippen LogP contribution is 2.36. The molecule has 7 nitrogen and oxygen atoms in total. The van der Waals surface area contributed by atoms with E-state index in [0.717, 1.165) is 21.4 Å². The molecule has 0 saturated heterocycles. The molecule has 0 atom stereocenters. The van der Waals surface area contributed by atoms with Gasteiger partial charge in [-0.2, -0.15) is 0 Å². The standard InChI is InChI=1S/C22H28BrN3O4/c1-14(27)25-16-8-6-15(7-9-16)24-12-17-18(23)10-11-19(29-5)21(17)30-13-20(28)26-22(2,3)4/h6-11,24H,12-13H2,1-5H3,(H,25,27)(H,26,28). The first-order chi connectivity index (χ1) is 14.1. The van der Waals surface area contributed by atoms with E-state index in [2.05, 4.69) is 31.9 Å². The molecule has 0 radical (unpaired) electrons. The molecular formula is C22H28BrN3O4. The van der Waals surface area contributed by atoms with Gasteiger partial charge in [-0.05, 0) is 57.2 Å². The van der Waals surface area contributed by atoms with Gasteiger partial charge in [0.05, 0.1) is 7.11 Å². The molecule has 0 fully saturated rings. The average molecular weight is 478 g/mol. The van der Waals surface area contributed by atoms with Crippen LogP contribution in [0.5, 0.6) is 11.5 Å². The number of rotatable bonds is 8. The highest BCUT2D eigenvalue weighted by Gasteiger charge is 2.18. The number of hydrogen-bond donors (Lipinski definition) is 3. The van der Waals surface area contributed by atoms with Crippen molar-refractivity contribution in [2.24, 2.45) is 0 Å². The third kappa shape index (κ3) is 7.26. The summed E-state index contributed by atoms with van der Waals surface area (Å²) in [4.78, 5) is 23.3. The Morgan fingerprint density at radius 1 is 1.03 bits per heavy atom. The fourth-order valence-electron chi connectivity index (χ4n) is 2.72. The molecule has 2 aromatic carbocycles. The molecule has 8 heteroatoms. The molecule has 2 rings (SSSR count). The van der Waals surface area contributed by atoms with E-state index in [1.54, 1.807) is 13.2 Å². The maximum absolute atomic E-state index is 12.2. The summed E-state index contributed by atoms with van der Waals surface area (Å²) < 4.78 is 12.1. The number of anilines is 2. The highest BCUT2D eigenvalue weighted by molar-refractivity contribution is 9.10. The zero-order valence-electron chi connectivity index (χ0n) is 17.9. The first-order valence-electron chi connectivity index (χ1n) is 9.50. The third-order valence-electron chi connectivity index (χ3n) is 3.92. The predicted octanol–water partition coefficient (Wildman–Crippen LogP) is 4.32. The minimum atomic E-state index is -0.338. The van der Waals surface area contributed by atoms with Crippen molar-refractivity contribution in [3.05, 3.63) is 46.4 Å². The zero-order valence-corrected chi connectivity index (χ0v) is 19.5. The topological polar surface area (TPSA) is 88.7 Å². The summed E-state index contributed by atoms with van der Waals surface area (Å²) in [6.45, 7) is 7.52. The number of methoxy groups -OCH3 is 1. The summed E-state index contributed by atoms with van der Waals surface area (Å²) in [7, 11) is 1.56. The molecule has 0 aliphatic rings.